The summed E-state index contributed by atoms with van der Waals surface area (Å²) in [5.41, 5.74) is 1.93. The molecule has 0 aliphatic rings. The average Bonchev–Trinajstić information content (AvgIpc) is 2.69. The zero-order valence-electron chi connectivity index (χ0n) is 9.93. The van der Waals surface area contributed by atoms with E-state index >= 15 is 0 Å². The number of fused-ring (bicyclic) bond motifs is 1. The highest BCUT2D eigenvalue weighted by Crippen LogP contribution is 2.19. The molecule has 90 valence electrons. The SMILES string of the molecule is CNCc1cn(CC(=O)OC)c2ncccc12. The number of pyridine rings is 1. The monoisotopic (exact) mass is 233 g/mol. The van der Waals surface area contributed by atoms with Gasteiger partial charge in [-0.3, -0.25) is 4.79 Å². The number of nitrogens with one attached hydrogen (secondary N) is 1. The summed E-state index contributed by atoms with van der Waals surface area (Å²) in [6.45, 7) is 0.935. The first-order valence-corrected chi connectivity index (χ1v) is 5.40. The Morgan fingerprint density at radius 3 is 3.12 bits per heavy atom. The first-order chi connectivity index (χ1) is 8.26. The normalized spacial score (nSPS) is 10.7. The van der Waals surface area contributed by atoms with Crippen molar-refractivity contribution in [2.45, 2.75) is 13.1 Å². The lowest BCUT2D eigenvalue weighted by molar-refractivity contribution is -0.141. The number of methoxy groups -OCH3 is 1. The fourth-order valence-electron chi connectivity index (χ4n) is 1.85. The van der Waals surface area contributed by atoms with E-state index in [-0.39, 0.29) is 12.5 Å². The van der Waals surface area contributed by atoms with Crippen LogP contribution in [0.15, 0.2) is 24.5 Å². The van der Waals surface area contributed by atoms with E-state index in [1.54, 1.807) is 6.20 Å². The standard InChI is InChI=1S/C12H15N3O2/c1-13-6-9-7-15(8-11(16)17-2)12-10(9)4-3-5-14-12/h3-5,7,13H,6,8H2,1-2H3. The molecule has 1 N–H and O–H groups in total. The van der Waals surface area contributed by atoms with Gasteiger partial charge in [-0.1, -0.05) is 0 Å². The van der Waals surface area contributed by atoms with Crippen molar-refractivity contribution < 1.29 is 9.53 Å². The average molecular weight is 233 g/mol. The maximum absolute atomic E-state index is 11.3. The largest absolute Gasteiger partial charge is 0.468 e. The van der Waals surface area contributed by atoms with Crippen LogP contribution < -0.4 is 5.32 Å². The van der Waals surface area contributed by atoms with Crippen LogP contribution in [0.4, 0.5) is 0 Å². The van der Waals surface area contributed by atoms with Crippen LogP contribution in [-0.2, 0) is 22.6 Å². The molecule has 0 fully saturated rings. The Morgan fingerprint density at radius 2 is 2.41 bits per heavy atom. The Morgan fingerprint density at radius 1 is 1.59 bits per heavy atom. The minimum atomic E-state index is -0.274. The van der Waals surface area contributed by atoms with Crippen molar-refractivity contribution in [2.24, 2.45) is 0 Å². The molecule has 0 amide bonds. The van der Waals surface area contributed by atoms with Crippen LogP contribution in [-0.4, -0.2) is 29.7 Å². The summed E-state index contributed by atoms with van der Waals surface area (Å²) in [6, 6.07) is 3.90. The summed E-state index contributed by atoms with van der Waals surface area (Å²) >= 11 is 0. The molecule has 0 saturated carbocycles. The Kier molecular flexibility index (Phi) is 3.39. The molecule has 0 aromatic carbocycles. The zero-order valence-corrected chi connectivity index (χ0v) is 9.93. The minimum absolute atomic E-state index is 0.188. The maximum atomic E-state index is 11.3. The Balaban J connectivity index is 2.44. The maximum Gasteiger partial charge on any atom is 0.325 e. The molecule has 0 saturated heterocycles. The highest BCUT2D eigenvalue weighted by molar-refractivity contribution is 5.82. The van der Waals surface area contributed by atoms with Crippen molar-refractivity contribution in [2.75, 3.05) is 14.2 Å². The van der Waals surface area contributed by atoms with Crippen LogP contribution in [0.5, 0.6) is 0 Å². The van der Waals surface area contributed by atoms with Crippen molar-refractivity contribution in [3.05, 3.63) is 30.1 Å². The molecule has 0 radical (unpaired) electrons. The van der Waals surface area contributed by atoms with Gasteiger partial charge in [-0.05, 0) is 24.7 Å². The van der Waals surface area contributed by atoms with Gasteiger partial charge in [0.2, 0.25) is 0 Å². The number of hydrogen-bond acceptors (Lipinski definition) is 4. The summed E-state index contributed by atoms with van der Waals surface area (Å²) in [6.07, 6.45) is 3.66. The second kappa shape index (κ2) is 4.97. The van der Waals surface area contributed by atoms with Gasteiger partial charge in [0.25, 0.3) is 0 Å². The van der Waals surface area contributed by atoms with Crippen LogP contribution in [0.25, 0.3) is 11.0 Å². The van der Waals surface area contributed by atoms with E-state index in [1.165, 1.54) is 7.11 Å². The van der Waals surface area contributed by atoms with Crippen LogP contribution >= 0.6 is 0 Å². The fourth-order valence-corrected chi connectivity index (χ4v) is 1.85. The van der Waals surface area contributed by atoms with Crippen LogP contribution in [0.1, 0.15) is 5.56 Å². The molecule has 2 rings (SSSR count). The fraction of sp³-hybridized carbons (Fsp3) is 0.333. The molecule has 0 aliphatic carbocycles. The number of hydrogen-bond donors (Lipinski definition) is 1. The Hall–Kier alpha value is -1.88. The predicted molar refractivity (Wildman–Crippen MR) is 64.5 cm³/mol. The quantitative estimate of drug-likeness (QED) is 0.798. The number of aromatic nitrogens is 2. The number of carbonyl (C=O) groups excluding carboxylic acids is 1. The molecular weight excluding hydrogens is 218 g/mol. The third-order valence-corrected chi connectivity index (χ3v) is 2.61. The molecule has 0 bridgehead atoms. The van der Waals surface area contributed by atoms with E-state index in [9.17, 15) is 4.79 Å². The van der Waals surface area contributed by atoms with Crippen molar-refractivity contribution in [3.63, 3.8) is 0 Å². The highest BCUT2D eigenvalue weighted by Gasteiger charge is 2.11. The van der Waals surface area contributed by atoms with E-state index in [0.717, 1.165) is 23.1 Å². The van der Waals surface area contributed by atoms with Gasteiger partial charge in [-0.25, -0.2) is 4.98 Å². The molecule has 2 aromatic heterocycles. The number of carbonyl (C=O) groups is 1. The smallest absolute Gasteiger partial charge is 0.325 e. The van der Waals surface area contributed by atoms with E-state index < -0.39 is 0 Å². The molecular formula is C12H15N3O2. The molecule has 5 heteroatoms. The number of nitrogens with zero attached hydrogens (tertiary/aromatic N) is 2. The summed E-state index contributed by atoms with van der Waals surface area (Å²) in [5, 5.41) is 4.16. The van der Waals surface area contributed by atoms with E-state index in [2.05, 4.69) is 15.0 Å². The van der Waals surface area contributed by atoms with Crippen LogP contribution in [0.2, 0.25) is 0 Å². The molecule has 17 heavy (non-hydrogen) atoms. The molecule has 0 aliphatic heterocycles. The van der Waals surface area contributed by atoms with Gasteiger partial charge in [-0.2, -0.15) is 0 Å². The number of esters is 1. The van der Waals surface area contributed by atoms with Gasteiger partial charge in [0, 0.05) is 24.3 Å². The third-order valence-electron chi connectivity index (χ3n) is 2.61. The van der Waals surface area contributed by atoms with Crippen LogP contribution in [0, 0.1) is 0 Å². The Bertz CT molecular complexity index is 534. The predicted octanol–water partition coefficient (Wildman–Crippen LogP) is 0.929. The van der Waals surface area contributed by atoms with Crippen LogP contribution in [0.3, 0.4) is 0 Å². The van der Waals surface area contributed by atoms with E-state index in [4.69, 9.17) is 0 Å². The van der Waals surface area contributed by atoms with Gasteiger partial charge in [-0.15, -0.1) is 0 Å². The zero-order chi connectivity index (χ0) is 12.3. The number of rotatable bonds is 4. The lowest BCUT2D eigenvalue weighted by Crippen LogP contribution is -2.11. The first-order valence-electron chi connectivity index (χ1n) is 5.40. The van der Waals surface area contributed by atoms with Gasteiger partial charge in [0.1, 0.15) is 12.2 Å². The van der Waals surface area contributed by atoms with Crippen molar-refractivity contribution >= 4 is 17.0 Å². The van der Waals surface area contributed by atoms with E-state index in [0.29, 0.717) is 0 Å². The number of ether oxygens (including phenoxy) is 1. The van der Waals surface area contributed by atoms with Gasteiger partial charge in [0.15, 0.2) is 0 Å². The lowest BCUT2D eigenvalue weighted by atomic mass is 10.2. The van der Waals surface area contributed by atoms with E-state index in [1.807, 2.05) is 29.9 Å². The summed E-state index contributed by atoms with van der Waals surface area (Å²) in [7, 11) is 3.27. The molecule has 2 heterocycles. The lowest BCUT2D eigenvalue weighted by Gasteiger charge is -2.01. The summed E-state index contributed by atoms with van der Waals surface area (Å²) in [5.74, 6) is -0.274. The topological polar surface area (TPSA) is 56.2 Å². The first kappa shape index (κ1) is 11.6. The van der Waals surface area contributed by atoms with Gasteiger partial charge in [0.05, 0.1) is 7.11 Å². The highest BCUT2D eigenvalue weighted by atomic mass is 16.5. The van der Waals surface area contributed by atoms with Gasteiger partial charge < -0.3 is 14.6 Å². The molecule has 0 unspecified atom stereocenters. The van der Waals surface area contributed by atoms with Crippen molar-refractivity contribution in [1.29, 1.82) is 0 Å². The van der Waals surface area contributed by atoms with Crippen molar-refractivity contribution in [1.82, 2.24) is 14.9 Å². The van der Waals surface area contributed by atoms with Crippen molar-refractivity contribution in [3.8, 4) is 0 Å². The summed E-state index contributed by atoms with van der Waals surface area (Å²) < 4.78 is 6.48. The third kappa shape index (κ3) is 2.29. The second-order valence-electron chi connectivity index (χ2n) is 3.76. The minimum Gasteiger partial charge on any atom is -0.468 e. The second-order valence-corrected chi connectivity index (χ2v) is 3.76. The molecule has 0 atom stereocenters. The molecule has 5 nitrogen and oxygen atoms in total. The molecule has 0 spiro atoms. The Labute approximate surface area is 99.4 Å². The summed E-state index contributed by atoms with van der Waals surface area (Å²) in [4.78, 5) is 15.6. The van der Waals surface area contributed by atoms with Gasteiger partial charge >= 0.3 is 5.97 Å². The molecule has 2 aromatic rings.